The van der Waals surface area contributed by atoms with Crippen LogP contribution < -0.4 is 5.32 Å². The minimum absolute atomic E-state index is 0.0754. The molecule has 0 amide bonds. The van der Waals surface area contributed by atoms with E-state index >= 15 is 0 Å². The number of aromatic nitrogens is 3. The normalized spacial score (nSPS) is 15.4. The van der Waals surface area contributed by atoms with Crippen LogP contribution in [-0.4, -0.2) is 33.9 Å². The van der Waals surface area contributed by atoms with E-state index in [0.29, 0.717) is 17.3 Å². The predicted molar refractivity (Wildman–Crippen MR) is 66.5 cm³/mol. The van der Waals surface area contributed by atoms with Gasteiger partial charge in [0.05, 0.1) is 12.2 Å². The molecule has 0 spiro atoms. The number of nitrogens with one attached hydrogen (secondary N) is 1. The number of hydrogen-bond acceptors (Lipinski definition) is 4. The Balaban J connectivity index is 1.83. The van der Waals surface area contributed by atoms with Gasteiger partial charge >= 0.3 is 0 Å². The summed E-state index contributed by atoms with van der Waals surface area (Å²) in [5.41, 5.74) is 2.20. The van der Waals surface area contributed by atoms with Crippen LogP contribution in [0.5, 0.6) is 0 Å². The second-order valence-electron chi connectivity index (χ2n) is 4.59. The molecule has 92 valence electrons. The van der Waals surface area contributed by atoms with Crippen molar-refractivity contribution in [3.8, 4) is 0 Å². The highest BCUT2D eigenvalue weighted by Gasteiger charge is 2.22. The Morgan fingerprint density at radius 2 is 2.06 bits per heavy atom. The molecule has 0 bridgehead atoms. The Kier molecular flexibility index (Phi) is 2.68. The Bertz CT molecular complexity index is 569. The van der Waals surface area contributed by atoms with Crippen molar-refractivity contribution in [3.63, 3.8) is 0 Å². The van der Waals surface area contributed by atoms with Gasteiger partial charge in [-0.15, -0.1) is 5.10 Å². The zero-order chi connectivity index (χ0) is 12.5. The third kappa shape index (κ3) is 1.93. The first-order valence-corrected chi connectivity index (χ1v) is 5.98. The molecule has 1 aliphatic heterocycles. The summed E-state index contributed by atoms with van der Waals surface area (Å²) < 4.78 is 1.76. The number of carbonyl (C=O) groups is 1. The molecule has 0 unspecified atom stereocenters. The highest BCUT2D eigenvalue weighted by atomic mass is 16.1. The summed E-state index contributed by atoms with van der Waals surface area (Å²) in [4.78, 5) is 12.2. The number of hydrogen-bond donors (Lipinski definition) is 1. The van der Waals surface area contributed by atoms with Crippen LogP contribution in [0.2, 0.25) is 0 Å². The molecule has 3 rings (SSSR count). The second kappa shape index (κ2) is 4.34. The molecule has 0 saturated carbocycles. The molecule has 1 aromatic heterocycles. The average Bonchev–Trinajstić information content (AvgIpc) is 2.76. The SMILES string of the molecule is Cc1ccc(C(=O)c2cn(C3CNC3)nn2)cc1. The van der Waals surface area contributed by atoms with Gasteiger partial charge in [0, 0.05) is 18.7 Å². The number of carbonyl (C=O) groups excluding carboxylic acids is 1. The molecule has 2 heterocycles. The molecule has 1 fully saturated rings. The first kappa shape index (κ1) is 11.1. The maximum Gasteiger partial charge on any atom is 0.214 e. The maximum absolute atomic E-state index is 12.2. The summed E-state index contributed by atoms with van der Waals surface area (Å²) >= 11 is 0. The molecule has 0 aliphatic carbocycles. The molecule has 0 radical (unpaired) electrons. The van der Waals surface area contributed by atoms with Crippen LogP contribution in [0.15, 0.2) is 30.5 Å². The number of ketones is 1. The van der Waals surface area contributed by atoms with Gasteiger partial charge in [0.15, 0.2) is 5.69 Å². The van der Waals surface area contributed by atoms with Crippen LogP contribution in [0.25, 0.3) is 0 Å². The third-order valence-electron chi connectivity index (χ3n) is 3.19. The Morgan fingerprint density at radius 3 is 2.67 bits per heavy atom. The Hall–Kier alpha value is -2.01. The fourth-order valence-electron chi connectivity index (χ4n) is 1.87. The molecule has 1 aliphatic rings. The quantitative estimate of drug-likeness (QED) is 0.814. The molecule has 1 saturated heterocycles. The third-order valence-corrected chi connectivity index (χ3v) is 3.19. The van der Waals surface area contributed by atoms with Gasteiger partial charge in [-0.25, -0.2) is 4.68 Å². The molecular weight excluding hydrogens is 228 g/mol. The van der Waals surface area contributed by atoms with E-state index in [4.69, 9.17) is 0 Å². The summed E-state index contributed by atoms with van der Waals surface area (Å²) in [6, 6.07) is 7.82. The van der Waals surface area contributed by atoms with E-state index in [1.165, 1.54) is 0 Å². The minimum atomic E-state index is -0.0754. The predicted octanol–water partition coefficient (Wildman–Crippen LogP) is 0.962. The van der Waals surface area contributed by atoms with Crippen molar-refractivity contribution in [3.05, 3.63) is 47.3 Å². The average molecular weight is 242 g/mol. The highest BCUT2D eigenvalue weighted by molar-refractivity contribution is 6.07. The first-order chi connectivity index (χ1) is 8.74. The summed E-state index contributed by atoms with van der Waals surface area (Å²) in [6.45, 7) is 3.77. The van der Waals surface area contributed by atoms with Crippen molar-refractivity contribution in [2.24, 2.45) is 0 Å². The van der Waals surface area contributed by atoms with E-state index in [9.17, 15) is 4.79 Å². The molecule has 5 heteroatoms. The zero-order valence-electron chi connectivity index (χ0n) is 10.1. The summed E-state index contributed by atoms with van der Waals surface area (Å²) in [7, 11) is 0. The molecule has 1 N–H and O–H groups in total. The van der Waals surface area contributed by atoms with Gasteiger partial charge in [-0.2, -0.15) is 0 Å². The second-order valence-corrected chi connectivity index (χ2v) is 4.59. The van der Waals surface area contributed by atoms with E-state index in [-0.39, 0.29) is 5.78 Å². The molecule has 1 aromatic carbocycles. The molecule has 18 heavy (non-hydrogen) atoms. The first-order valence-electron chi connectivity index (χ1n) is 5.98. The van der Waals surface area contributed by atoms with Crippen molar-refractivity contribution in [2.45, 2.75) is 13.0 Å². The Labute approximate surface area is 105 Å². The summed E-state index contributed by atoms with van der Waals surface area (Å²) in [5.74, 6) is -0.0754. The van der Waals surface area contributed by atoms with E-state index in [2.05, 4.69) is 15.6 Å². The van der Waals surface area contributed by atoms with Crippen LogP contribution in [-0.2, 0) is 0 Å². The van der Waals surface area contributed by atoms with Crippen molar-refractivity contribution in [2.75, 3.05) is 13.1 Å². The lowest BCUT2D eigenvalue weighted by Gasteiger charge is -2.26. The van der Waals surface area contributed by atoms with Crippen LogP contribution in [0.4, 0.5) is 0 Å². The summed E-state index contributed by atoms with van der Waals surface area (Å²) in [5, 5.41) is 11.1. The van der Waals surface area contributed by atoms with Crippen LogP contribution in [0.1, 0.15) is 27.7 Å². The number of rotatable bonds is 3. The van der Waals surface area contributed by atoms with Crippen molar-refractivity contribution in [1.82, 2.24) is 20.3 Å². The van der Waals surface area contributed by atoms with Crippen molar-refractivity contribution >= 4 is 5.78 Å². The number of benzene rings is 1. The van der Waals surface area contributed by atoms with Crippen molar-refractivity contribution < 1.29 is 4.79 Å². The van der Waals surface area contributed by atoms with Crippen LogP contribution in [0.3, 0.4) is 0 Å². The van der Waals surface area contributed by atoms with Gasteiger partial charge in [-0.3, -0.25) is 4.79 Å². The van der Waals surface area contributed by atoms with E-state index in [1.54, 1.807) is 10.9 Å². The molecular formula is C13H14N4O. The number of nitrogens with zero attached hydrogens (tertiary/aromatic N) is 3. The topological polar surface area (TPSA) is 59.8 Å². The largest absolute Gasteiger partial charge is 0.312 e. The maximum atomic E-state index is 12.2. The fourth-order valence-corrected chi connectivity index (χ4v) is 1.87. The van der Waals surface area contributed by atoms with Gasteiger partial charge in [-0.05, 0) is 6.92 Å². The van der Waals surface area contributed by atoms with Gasteiger partial charge in [0.1, 0.15) is 0 Å². The molecule has 5 nitrogen and oxygen atoms in total. The highest BCUT2D eigenvalue weighted by Crippen LogP contribution is 2.13. The zero-order valence-corrected chi connectivity index (χ0v) is 10.1. The van der Waals surface area contributed by atoms with E-state index in [1.807, 2.05) is 31.2 Å². The van der Waals surface area contributed by atoms with Crippen LogP contribution >= 0.6 is 0 Å². The molecule has 2 aromatic rings. The number of aryl methyl sites for hydroxylation is 1. The smallest absolute Gasteiger partial charge is 0.214 e. The van der Waals surface area contributed by atoms with Crippen LogP contribution in [0, 0.1) is 6.92 Å². The Morgan fingerprint density at radius 1 is 1.33 bits per heavy atom. The molecule has 0 atom stereocenters. The van der Waals surface area contributed by atoms with Gasteiger partial charge in [0.25, 0.3) is 0 Å². The van der Waals surface area contributed by atoms with Gasteiger partial charge in [0.2, 0.25) is 5.78 Å². The fraction of sp³-hybridized carbons (Fsp3) is 0.308. The summed E-state index contributed by atoms with van der Waals surface area (Å²) in [6.07, 6.45) is 1.73. The van der Waals surface area contributed by atoms with Gasteiger partial charge in [-0.1, -0.05) is 35.0 Å². The minimum Gasteiger partial charge on any atom is -0.312 e. The monoisotopic (exact) mass is 242 g/mol. The lowest BCUT2D eigenvalue weighted by Crippen LogP contribution is -2.43. The lowest BCUT2D eigenvalue weighted by atomic mass is 10.1. The standard InChI is InChI=1S/C13H14N4O/c1-9-2-4-10(5-3-9)13(18)12-8-17(16-15-12)11-6-14-7-11/h2-5,8,11,14H,6-7H2,1H3. The lowest BCUT2D eigenvalue weighted by molar-refractivity contribution is 0.103. The van der Waals surface area contributed by atoms with E-state index in [0.717, 1.165) is 18.7 Å². The van der Waals surface area contributed by atoms with Crippen molar-refractivity contribution in [1.29, 1.82) is 0 Å². The van der Waals surface area contributed by atoms with Gasteiger partial charge < -0.3 is 5.32 Å². The van der Waals surface area contributed by atoms with E-state index < -0.39 is 0 Å².